The Labute approximate surface area is 130 Å². The van der Waals surface area contributed by atoms with E-state index in [9.17, 15) is 9.59 Å². The van der Waals surface area contributed by atoms with Gasteiger partial charge in [-0.15, -0.1) is 11.3 Å². The molecule has 0 saturated heterocycles. The zero-order valence-corrected chi connectivity index (χ0v) is 13.0. The van der Waals surface area contributed by atoms with E-state index in [4.69, 9.17) is 4.74 Å². The molecular formula is C16H14N2O3S. The van der Waals surface area contributed by atoms with Gasteiger partial charge in [0.2, 0.25) is 0 Å². The third-order valence-electron chi connectivity index (χ3n) is 3.37. The predicted octanol–water partition coefficient (Wildman–Crippen LogP) is 2.68. The summed E-state index contributed by atoms with van der Waals surface area (Å²) in [6.07, 6.45) is 1.38. The van der Waals surface area contributed by atoms with Crippen molar-refractivity contribution in [2.75, 3.05) is 0 Å². The fourth-order valence-corrected chi connectivity index (χ4v) is 2.97. The van der Waals surface area contributed by atoms with E-state index in [0.29, 0.717) is 16.0 Å². The van der Waals surface area contributed by atoms with Crippen molar-refractivity contribution in [3.63, 3.8) is 0 Å². The molecule has 0 atom stereocenters. The molecule has 22 heavy (non-hydrogen) atoms. The first-order valence-corrected chi connectivity index (χ1v) is 7.64. The second-order valence-corrected chi connectivity index (χ2v) is 5.91. The topological polar surface area (TPSA) is 61.2 Å². The summed E-state index contributed by atoms with van der Waals surface area (Å²) >= 11 is 1.39. The van der Waals surface area contributed by atoms with Gasteiger partial charge in [0.05, 0.1) is 11.7 Å². The first-order chi connectivity index (χ1) is 10.6. The second kappa shape index (κ2) is 5.73. The number of thiophene rings is 1. The molecule has 0 N–H and O–H groups in total. The van der Waals surface area contributed by atoms with Gasteiger partial charge >= 0.3 is 5.97 Å². The van der Waals surface area contributed by atoms with Crippen LogP contribution in [0, 0.1) is 13.8 Å². The van der Waals surface area contributed by atoms with Crippen LogP contribution < -0.4 is 10.3 Å². The summed E-state index contributed by atoms with van der Waals surface area (Å²) < 4.78 is 6.67. The smallest absolute Gasteiger partial charge is 0.331 e. The van der Waals surface area contributed by atoms with Crippen molar-refractivity contribution in [3.8, 4) is 5.75 Å². The Kier molecular flexibility index (Phi) is 3.77. The number of hydrogen-bond acceptors (Lipinski definition) is 5. The van der Waals surface area contributed by atoms with Gasteiger partial charge in [0.1, 0.15) is 17.1 Å². The number of carbonyl (C=O) groups is 1. The van der Waals surface area contributed by atoms with E-state index in [0.717, 1.165) is 11.1 Å². The van der Waals surface area contributed by atoms with E-state index < -0.39 is 5.97 Å². The molecule has 2 heterocycles. The monoisotopic (exact) mass is 314 g/mol. The standard InChI is InChI=1S/C16H14N2O3S/c1-10-4-3-5-11(2)14(10)21-13(19)8-18-9-17-15-12(16(18)20)6-7-22-15/h3-7,9H,8H2,1-2H3. The van der Waals surface area contributed by atoms with Crippen LogP contribution >= 0.6 is 11.3 Å². The average Bonchev–Trinajstić information content (AvgIpc) is 2.95. The minimum atomic E-state index is -0.490. The van der Waals surface area contributed by atoms with Gasteiger partial charge in [-0.2, -0.15) is 0 Å². The zero-order valence-electron chi connectivity index (χ0n) is 12.2. The number of fused-ring (bicyclic) bond motifs is 1. The number of ether oxygens (including phenoxy) is 1. The lowest BCUT2D eigenvalue weighted by Gasteiger charge is -2.10. The molecule has 1 aromatic carbocycles. The summed E-state index contributed by atoms with van der Waals surface area (Å²) in [5.74, 6) is 0.0565. The van der Waals surface area contributed by atoms with Gasteiger partial charge in [0.25, 0.3) is 5.56 Å². The normalized spacial score (nSPS) is 10.8. The Morgan fingerprint density at radius 2 is 2.00 bits per heavy atom. The fourth-order valence-electron chi connectivity index (χ4n) is 2.25. The Morgan fingerprint density at radius 1 is 1.27 bits per heavy atom. The molecule has 0 aliphatic carbocycles. The zero-order chi connectivity index (χ0) is 15.7. The predicted molar refractivity (Wildman–Crippen MR) is 85.4 cm³/mol. The minimum absolute atomic E-state index is 0.161. The second-order valence-electron chi connectivity index (χ2n) is 5.01. The number of nitrogens with zero attached hydrogens (tertiary/aromatic N) is 2. The number of aryl methyl sites for hydroxylation is 2. The van der Waals surface area contributed by atoms with Crippen LogP contribution in [0.15, 0.2) is 40.8 Å². The SMILES string of the molecule is Cc1cccc(C)c1OC(=O)Cn1cnc2sccc2c1=O. The summed E-state index contributed by atoms with van der Waals surface area (Å²) in [6, 6.07) is 7.37. The maximum absolute atomic E-state index is 12.2. The van der Waals surface area contributed by atoms with Crippen LogP contribution in [-0.2, 0) is 11.3 Å². The number of benzene rings is 1. The number of esters is 1. The fraction of sp³-hybridized carbons (Fsp3) is 0.188. The third kappa shape index (κ3) is 2.65. The highest BCUT2D eigenvalue weighted by molar-refractivity contribution is 7.16. The van der Waals surface area contributed by atoms with E-state index in [1.807, 2.05) is 32.0 Å². The van der Waals surface area contributed by atoms with Crippen molar-refractivity contribution in [3.05, 3.63) is 57.5 Å². The lowest BCUT2D eigenvalue weighted by atomic mass is 10.1. The van der Waals surface area contributed by atoms with Crippen molar-refractivity contribution in [1.29, 1.82) is 0 Å². The van der Waals surface area contributed by atoms with Crippen molar-refractivity contribution >= 4 is 27.5 Å². The highest BCUT2D eigenvalue weighted by atomic mass is 32.1. The van der Waals surface area contributed by atoms with Gasteiger partial charge in [-0.3, -0.25) is 9.36 Å². The molecule has 0 amide bonds. The molecule has 0 bridgehead atoms. The Morgan fingerprint density at radius 3 is 2.73 bits per heavy atom. The lowest BCUT2D eigenvalue weighted by Crippen LogP contribution is -2.26. The van der Waals surface area contributed by atoms with E-state index in [1.165, 1.54) is 22.2 Å². The van der Waals surface area contributed by atoms with Crippen molar-refractivity contribution < 1.29 is 9.53 Å². The van der Waals surface area contributed by atoms with Gasteiger partial charge in [-0.05, 0) is 36.4 Å². The molecule has 0 aliphatic rings. The summed E-state index contributed by atoms with van der Waals surface area (Å²) in [7, 11) is 0. The van der Waals surface area contributed by atoms with E-state index in [1.54, 1.807) is 11.4 Å². The maximum Gasteiger partial charge on any atom is 0.331 e. The Balaban J connectivity index is 1.84. The first kappa shape index (κ1) is 14.5. The molecule has 2 aromatic heterocycles. The molecule has 5 nitrogen and oxygen atoms in total. The summed E-state index contributed by atoms with van der Waals surface area (Å²) in [4.78, 5) is 29.2. The van der Waals surface area contributed by atoms with Gasteiger partial charge in [0, 0.05) is 0 Å². The van der Waals surface area contributed by atoms with Crippen LogP contribution in [0.4, 0.5) is 0 Å². The van der Waals surface area contributed by atoms with Gasteiger partial charge in [-0.25, -0.2) is 9.78 Å². The Bertz CT molecular complexity index is 891. The molecule has 3 rings (SSSR count). The minimum Gasteiger partial charge on any atom is -0.425 e. The van der Waals surface area contributed by atoms with Gasteiger partial charge < -0.3 is 4.74 Å². The lowest BCUT2D eigenvalue weighted by molar-refractivity contribution is -0.135. The van der Waals surface area contributed by atoms with Crippen molar-refractivity contribution in [2.45, 2.75) is 20.4 Å². The highest BCUT2D eigenvalue weighted by Crippen LogP contribution is 2.22. The first-order valence-electron chi connectivity index (χ1n) is 6.76. The number of carbonyl (C=O) groups excluding carboxylic acids is 1. The molecule has 6 heteroatoms. The summed E-state index contributed by atoms with van der Waals surface area (Å²) in [6.45, 7) is 3.59. The molecule has 0 fully saturated rings. The van der Waals surface area contributed by atoms with Crippen molar-refractivity contribution in [1.82, 2.24) is 9.55 Å². The van der Waals surface area contributed by atoms with E-state index in [-0.39, 0.29) is 12.1 Å². The van der Waals surface area contributed by atoms with Crippen molar-refractivity contribution in [2.24, 2.45) is 0 Å². The van der Waals surface area contributed by atoms with Crippen LogP contribution in [0.3, 0.4) is 0 Å². The number of aromatic nitrogens is 2. The number of hydrogen-bond donors (Lipinski definition) is 0. The molecule has 0 unspecified atom stereocenters. The molecule has 0 spiro atoms. The molecule has 0 aliphatic heterocycles. The van der Waals surface area contributed by atoms with Gasteiger partial charge in [-0.1, -0.05) is 18.2 Å². The molecule has 112 valence electrons. The van der Waals surface area contributed by atoms with Crippen LogP contribution in [0.25, 0.3) is 10.2 Å². The van der Waals surface area contributed by atoms with E-state index >= 15 is 0 Å². The largest absolute Gasteiger partial charge is 0.425 e. The van der Waals surface area contributed by atoms with Crippen LogP contribution in [0.5, 0.6) is 5.75 Å². The molecular weight excluding hydrogens is 300 g/mol. The van der Waals surface area contributed by atoms with Crippen LogP contribution in [0.1, 0.15) is 11.1 Å². The number of rotatable bonds is 3. The third-order valence-corrected chi connectivity index (χ3v) is 4.20. The number of para-hydroxylation sites is 1. The van der Waals surface area contributed by atoms with Gasteiger partial charge in [0.15, 0.2) is 0 Å². The van der Waals surface area contributed by atoms with Crippen LogP contribution in [-0.4, -0.2) is 15.5 Å². The molecule has 0 saturated carbocycles. The maximum atomic E-state index is 12.2. The molecule has 3 aromatic rings. The Hall–Kier alpha value is -2.47. The van der Waals surface area contributed by atoms with E-state index in [2.05, 4.69) is 4.98 Å². The van der Waals surface area contributed by atoms with Crippen LogP contribution in [0.2, 0.25) is 0 Å². The highest BCUT2D eigenvalue weighted by Gasteiger charge is 2.13. The average molecular weight is 314 g/mol. The quantitative estimate of drug-likeness (QED) is 0.551. The molecule has 0 radical (unpaired) electrons. The summed E-state index contributed by atoms with van der Waals surface area (Å²) in [5, 5.41) is 2.32. The summed E-state index contributed by atoms with van der Waals surface area (Å²) in [5.41, 5.74) is 1.53.